The molecule has 0 bridgehead atoms. The van der Waals surface area contributed by atoms with E-state index in [1.165, 1.54) is 0 Å². The van der Waals surface area contributed by atoms with Crippen molar-refractivity contribution in [3.8, 4) is 5.75 Å². The fourth-order valence-electron chi connectivity index (χ4n) is 1.54. The van der Waals surface area contributed by atoms with Gasteiger partial charge in [0.1, 0.15) is 23.2 Å². The summed E-state index contributed by atoms with van der Waals surface area (Å²) in [5, 5.41) is 9.47. The highest BCUT2D eigenvalue weighted by molar-refractivity contribution is 8.00. The lowest BCUT2D eigenvalue weighted by atomic mass is 10.1. The SMILES string of the molecule is O=C(CSc1cc(F)ccc1F)c1cc(F)ccc1O. The summed E-state index contributed by atoms with van der Waals surface area (Å²) in [4.78, 5) is 11.8. The van der Waals surface area contributed by atoms with Crippen molar-refractivity contribution in [2.75, 3.05) is 5.75 Å². The van der Waals surface area contributed by atoms with E-state index in [0.29, 0.717) is 0 Å². The van der Waals surface area contributed by atoms with Crippen LogP contribution in [0.1, 0.15) is 10.4 Å². The Kier molecular flexibility index (Phi) is 4.34. The molecular formula is C14H9F3O2S. The average Bonchev–Trinajstić information content (AvgIpc) is 2.42. The Bertz CT molecular complexity index is 659. The van der Waals surface area contributed by atoms with Gasteiger partial charge in [0.05, 0.1) is 11.3 Å². The zero-order valence-corrected chi connectivity index (χ0v) is 10.9. The lowest BCUT2D eigenvalue weighted by Crippen LogP contribution is -2.03. The number of ketones is 1. The maximum Gasteiger partial charge on any atom is 0.176 e. The van der Waals surface area contributed by atoms with Crippen LogP contribution in [-0.2, 0) is 0 Å². The molecule has 0 aliphatic heterocycles. The minimum Gasteiger partial charge on any atom is -0.507 e. The zero-order valence-electron chi connectivity index (χ0n) is 10.1. The molecule has 0 fully saturated rings. The van der Waals surface area contributed by atoms with E-state index in [0.717, 1.165) is 48.2 Å². The molecule has 0 aromatic heterocycles. The third-order valence-corrected chi connectivity index (χ3v) is 3.54. The molecule has 0 saturated carbocycles. The number of hydrogen-bond acceptors (Lipinski definition) is 3. The second-order valence-electron chi connectivity index (χ2n) is 3.95. The number of hydrogen-bond donors (Lipinski definition) is 1. The van der Waals surface area contributed by atoms with Crippen LogP contribution in [0, 0.1) is 17.5 Å². The molecule has 0 amide bonds. The Morgan fingerprint density at radius 2 is 1.70 bits per heavy atom. The standard InChI is InChI=1S/C14H9F3O2S/c15-8-2-4-12(18)10(5-8)13(19)7-20-14-6-9(16)1-3-11(14)17/h1-6,18H,7H2. The van der Waals surface area contributed by atoms with E-state index in [9.17, 15) is 23.1 Å². The molecule has 2 aromatic carbocycles. The van der Waals surface area contributed by atoms with Crippen LogP contribution >= 0.6 is 11.8 Å². The number of halogens is 3. The molecule has 0 saturated heterocycles. The summed E-state index contributed by atoms with van der Waals surface area (Å²) in [7, 11) is 0. The van der Waals surface area contributed by atoms with Crippen molar-refractivity contribution >= 4 is 17.5 Å². The molecule has 0 heterocycles. The molecule has 0 radical (unpaired) electrons. The molecule has 0 spiro atoms. The van der Waals surface area contributed by atoms with Gasteiger partial charge in [-0.2, -0.15) is 0 Å². The first-order valence-electron chi connectivity index (χ1n) is 5.57. The van der Waals surface area contributed by atoms with Crippen molar-refractivity contribution in [2.45, 2.75) is 4.90 Å². The molecular weight excluding hydrogens is 289 g/mol. The van der Waals surface area contributed by atoms with Gasteiger partial charge < -0.3 is 5.11 Å². The number of carbonyl (C=O) groups excluding carboxylic acids is 1. The van der Waals surface area contributed by atoms with E-state index in [1.54, 1.807) is 0 Å². The third kappa shape index (κ3) is 3.33. The van der Waals surface area contributed by atoms with Crippen molar-refractivity contribution in [3.05, 3.63) is 59.4 Å². The molecule has 0 aliphatic rings. The monoisotopic (exact) mass is 298 g/mol. The van der Waals surface area contributed by atoms with Crippen LogP contribution in [0.4, 0.5) is 13.2 Å². The lowest BCUT2D eigenvalue weighted by molar-refractivity contribution is 0.101. The number of benzene rings is 2. The smallest absolute Gasteiger partial charge is 0.176 e. The van der Waals surface area contributed by atoms with Gasteiger partial charge in [-0.3, -0.25) is 4.79 Å². The molecule has 6 heteroatoms. The molecule has 104 valence electrons. The van der Waals surface area contributed by atoms with Gasteiger partial charge in [-0.1, -0.05) is 0 Å². The number of thioether (sulfide) groups is 1. The van der Waals surface area contributed by atoms with Gasteiger partial charge in [0.2, 0.25) is 0 Å². The highest BCUT2D eigenvalue weighted by atomic mass is 32.2. The minimum atomic E-state index is -0.659. The zero-order chi connectivity index (χ0) is 14.7. The van der Waals surface area contributed by atoms with E-state index in [4.69, 9.17) is 0 Å². The van der Waals surface area contributed by atoms with Crippen LogP contribution in [0.15, 0.2) is 41.3 Å². The number of aromatic hydroxyl groups is 1. The quantitative estimate of drug-likeness (QED) is 0.689. The highest BCUT2D eigenvalue weighted by Gasteiger charge is 2.14. The first kappa shape index (κ1) is 14.5. The highest BCUT2D eigenvalue weighted by Crippen LogP contribution is 2.25. The van der Waals surface area contributed by atoms with Crippen LogP contribution < -0.4 is 0 Å². The van der Waals surface area contributed by atoms with Crippen molar-refractivity contribution in [1.29, 1.82) is 0 Å². The van der Waals surface area contributed by atoms with Crippen LogP contribution in [0.25, 0.3) is 0 Å². The van der Waals surface area contributed by atoms with Gasteiger partial charge in [-0.15, -0.1) is 11.8 Å². The summed E-state index contributed by atoms with van der Waals surface area (Å²) in [5.74, 6) is -3.08. The van der Waals surface area contributed by atoms with Gasteiger partial charge in [-0.05, 0) is 36.4 Å². The topological polar surface area (TPSA) is 37.3 Å². The predicted molar refractivity (Wildman–Crippen MR) is 69.5 cm³/mol. The molecule has 2 aromatic rings. The third-order valence-electron chi connectivity index (χ3n) is 2.51. The first-order chi connectivity index (χ1) is 9.47. The Balaban J connectivity index is 2.12. The number of Topliss-reactive ketones (excluding diaryl/α,β-unsaturated/α-hetero) is 1. The summed E-state index contributed by atoms with van der Waals surface area (Å²) in [6.45, 7) is 0. The van der Waals surface area contributed by atoms with E-state index in [-0.39, 0.29) is 22.0 Å². The van der Waals surface area contributed by atoms with E-state index >= 15 is 0 Å². The molecule has 2 rings (SSSR count). The number of phenolic OH excluding ortho intramolecular Hbond substituents is 1. The Labute approximate surface area is 117 Å². The van der Waals surface area contributed by atoms with Crippen LogP contribution in [0.5, 0.6) is 5.75 Å². The maximum atomic E-state index is 13.4. The van der Waals surface area contributed by atoms with Crippen molar-refractivity contribution in [2.24, 2.45) is 0 Å². The molecule has 20 heavy (non-hydrogen) atoms. The number of rotatable bonds is 4. The van der Waals surface area contributed by atoms with Crippen LogP contribution in [0.2, 0.25) is 0 Å². The Hall–Kier alpha value is -1.95. The van der Waals surface area contributed by atoms with Gasteiger partial charge in [-0.25, -0.2) is 13.2 Å². The lowest BCUT2D eigenvalue weighted by Gasteiger charge is -2.05. The predicted octanol–water partition coefficient (Wildman–Crippen LogP) is 3.78. The molecule has 0 atom stereocenters. The second-order valence-corrected chi connectivity index (χ2v) is 4.97. The van der Waals surface area contributed by atoms with Crippen molar-refractivity contribution in [3.63, 3.8) is 0 Å². The van der Waals surface area contributed by atoms with E-state index < -0.39 is 23.2 Å². The molecule has 0 aliphatic carbocycles. The second kappa shape index (κ2) is 6.00. The normalized spacial score (nSPS) is 10.6. The van der Waals surface area contributed by atoms with E-state index in [1.807, 2.05) is 0 Å². The van der Waals surface area contributed by atoms with Crippen LogP contribution in [-0.4, -0.2) is 16.6 Å². The number of carbonyl (C=O) groups is 1. The average molecular weight is 298 g/mol. The summed E-state index contributed by atoms with van der Waals surface area (Å²) < 4.78 is 39.3. The maximum absolute atomic E-state index is 13.4. The summed E-state index contributed by atoms with van der Waals surface area (Å²) >= 11 is 0.781. The van der Waals surface area contributed by atoms with Gasteiger partial charge in [0.15, 0.2) is 5.78 Å². The first-order valence-corrected chi connectivity index (χ1v) is 6.55. The summed E-state index contributed by atoms with van der Waals surface area (Å²) in [6.07, 6.45) is 0. The fraction of sp³-hybridized carbons (Fsp3) is 0.0714. The minimum absolute atomic E-state index is 0.0192. The van der Waals surface area contributed by atoms with E-state index in [2.05, 4.69) is 0 Å². The van der Waals surface area contributed by atoms with Crippen molar-refractivity contribution in [1.82, 2.24) is 0 Å². The van der Waals surface area contributed by atoms with Crippen LogP contribution in [0.3, 0.4) is 0 Å². The van der Waals surface area contributed by atoms with Gasteiger partial charge >= 0.3 is 0 Å². The molecule has 0 unspecified atom stereocenters. The van der Waals surface area contributed by atoms with Crippen molar-refractivity contribution < 1.29 is 23.1 Å². The summed E-state index contributed by atoms with van der Waals surface area (Å²) in [5.41, 5.74) is -0.186. The summed E-state index contributed by atoms with van der Waals surface area (Å²) in [6, 6.07) is 5.89. The molecule has 1 N–H and O–H groups in total. The fourth-order valence-corrected chi connectivity index (χ4v) is 2.38. The van der Waals surface area contributed by atoms with Gasteiger partial charge in [0, 0.05) is 4.90 Å². The van der Waals surface area contributed by atoms with Gasteiger partial charge in [0.25, 0.3) is 0 Å². The Morgan fingerprint density at radius 3 is 2.45 bits per heavy atom. The molecule has 2 nitrogen and oxygen atoms in total. The largest absolute Gasteiger partial charge is 0.507 e. The Morgan fingerprint density at radius 1 is 1.05 bits per heavy atom. The number of phenols is 1.